The molecule has 2 amide bonds. The molecule has 0 bridgehead atoms. The normalized spacial score (nSPS) is 11.1. The van der Waals surface area contributed by atoms with Gasteiger partial charge in [-0.1, -0.05) is 0 Å². The second-order valence-electron chi connectivity index (χ2n) is 3.63. The molecule has 0 aromatic carbocycles. The molecule has 0 aliphatic heterocycles. The predicted octanol–water partition coefficient (Wildman–Crippen LogP) is 0.410. The van der Waals surface area contributed by atoms with E-state index in [2.05, 4.69) is 24.8 Å². The molecular weight excluding hydrogens is 256 g/mol. The fourth-order valence-corrected chi connectivity index (χ4v) is 1.33. The fourth-order valence-electron chi connectivity index (χ4n) is 1.33. The smallest absolute Gasteiger partial charge is 0.407 e. The Morgan fingerprint density at radius 2 is 1.58 bits per heavy atom. The molecule has 2 N–H and O–H groups in total. The van der Waals surface area contributed by atoms with Crippen molar-refractivity contribution < 1.29 is 28.6 Å². The van der Waals surface area contributed by atoms with Gasteiger partial charge in [-0.25, -0.2) is 14.4 Å². The first kappa shape index (κ1) is 17.0. The monoisotopic (exact) mass is 276 g/mol. The standard InChI is InChI=1S/C11H20N2O6/c1-17-9(14)8(13-11(16)19-3)6-4-5-7-12-10(15)18-2/h8H,4-7H2,1-3H3,(H,12,15)(H,13,16)/t8-/m0/s1. The van der Waals surface area contributed by atoms with Crippen molar-refractivity contribution in [2.75, 3.05) is 27.9 Å². The molecule has 0 rings (SSSR count). The number of hydrogen-bond acceptors (Lipinski definition) is 6. The highest BCUT2D eigenvalue weighted by molar-refractivity contribution is 5.81. The molecule has 0 aliphatic carbocycles. The molecule has 0 aromatic heterocycles. The molecule has 0 saturated heterocycles. The van der Waals surface area contributed by atoms with Crippen LogP contribution in [0.4, 0.5) is 9.59 Å². The maximum absolute atomic E-state index is 11.4. The lowest BCUT2D eigenvalue weighted by atomic mass is 10.1. The van der Waals surface area contributed by atoms with Crippen LogP contribution in [0.1, 0.15) is 19.3 Å². The highest BCUT2D eigenvalue weighted by Gasteiger charge is 2.21. The zero-order valence-corrected chi connectivity index (χ0v) is 11.4. The van der Waals surface area contributed by atoms with E-state index >= 15 is 0 Å². The average Bonchev–Trinajstić information content (AvgIpc) is 2.43. The topological polar surface area (TPSA) is 103 Å². The first-order chi connectivity index (χ1) is 9.04. The SMILES string of the molecule is COC(=O)NCCCC[C@H](NC(=O)OC)C(=O)OC. The van der Waals surface area contributed by atoms with Gasteiger partial charge in [0, 0.05) is 6.54 Å². The van der Waals surface area contributed by atoms with E-state index in [0.29, 0.717) is 25.8 Å². The van der Waals surface area contributed by atoms with Crippen molar-refractivity contribution in [2.45, 2.75) is 25.3 Å². The van der Waals surface area contributed by atoms with E-state index in [1.54, 1.807) is 0 Å². The number of methoxy groups -OCH3 is 3. The van der Waals surface area contributed by atoms with Crippen molar-refractivity contribution >= 4 is 18.2 Å². The lowest BCUT2D eigenvalue weighted by Gasteiger charge is -2.15. The van der Waals surface area contributed by atoms with Gasteiger partial charge in [0.1, 0.15) is 6.04 Å². The van der Waals surface area contributed by atoms with Gasteiger partial charge in [-0.15, -0.1) is 0 Å². The van der Waals surface area contributed by atoms with Crippen LogP contribution >= 0.6 is 0 Å². The van der Waals surface area contributed by atoms with Gasteiger partial charge >= 0.3 is 18.2 Å². The van der Waals surface area contributed by atoms with Gasteiger partial charge < -0.3 is 24.8 Å². The van der Waals surface area contributed by atoms with Crippen LogP contribution in [0.2, 0.25) is 0 Å². The van der Waals surface area contributed by atoms with Crippen molar-refractivity contribution in [1.82, 2.24) is 10.6 Å². The summed E-state index contributed by atoms with van der Waals surface area (Å²) in [5, 5.41) is 4.89. The van der Waals surface area contributed by atoms with Crippen molar-refractivity contribution in [2.24, 2.45) is 0 Å². The largest absolute Gasteiger partial charge is 0.467 e. The van der Waals surface area contributed by atoms with Gasteiger partial charge in [0.25, 0.3) is 0 Å². The number of nitrogens with one attached hydrogen (secondary N) is 2. The molecule has 0 unspecified atom stereocenters. The lowest BCUT2D eigenvalue weighted by molar-refractivity contribution is -0.143. The van der Waals surface area contributed by atoms with Gasteiger partial charge in [-0.3, -0.25) is 0 Å². The number of unbranched alkanes of at least 4 members (excludes halogenated alkanes) is 1. The highest BCUT2D eigenvalue weighted by Crippen LogP contribution is 2.03. The third-order valence-corrected chi connectivity index (χ3v) is 2.34. The Kier molecular flexibility index (Phi) is 8.94. The average molecular weight is 276 g/mol. The summed E-state index contributed by atoms with van der Waals surface area (Å²) in [6.45, 7) is 0.429. The number of carbonyl (C=O) groups excluding carboxylic acids is 3. The van der Waals surface area contributed by atoms with E-state index in [0.717, 1.165) is 0 Å². The minimum Gasteiger partial charge on any atom is -0.467 e. The van der Waals surface area contributed by atoms with E-state index in [9.17, 15) is 14.4 Å². The molecule has 8 nitrogen and oxygen atoms in total. The zero-order valence-electron chi connectivity index (χ0n) is 11.4. The Morgan fingerprint density at radius 3 is 2.11 bits per heavy atom. The number of carbonyl (C=O) groups is 3. The van der Waals surface area contributed by atoms with Crippen LogP contribution < -0.4 is 10.6 Å². The van der Waals surface area contributed by atoms with Gasteiger partial charge in [0.05, 0.1) is 21.3 Å². The van der Waals surface area contributed by atoms with E-state index in [4.69, 9.17) is 0 Å². The Bertz CT molecular complexity index is 308. The van der Waals surface area contributed by atoms with Crippen LogP contribution in [0.25, 0.3) is 0 Å². The number of alkyl carbamates (subject to hydrolysis) is 2. The van der Waals surface area contributed by atoms with Gasteiger partial charge in [-0.2, -0.15) is 0 Å². The van der Waals surface area contributed by atoms with Crippen LogP contribution in [0, 0.1) is 0 Å². The molecule has 0 spiro atoms. The Balaban J connectivity index is 3.96. The third-order valence-electron chi connectivity index (χ3n) is 2.34. The summed E-state index contributed by atoms with van der Waals surface area (Å²) in [5.41, 5.74) is 0. The Labute approximate surface area is 111 Å². The first-order valence-corrected chi connectivity index (χ1v) is 5.79. The van der Waals surface area contributed by atoms with Crippen LogP contribution in [-0.2, 0) is 19.0 Å². The van der Waals surface area contributed by atoms with Crippen LogP contribution in [0.5, 0.6) is 0 Å². The van der Waals surface area contributed by atoms with Crippen LogP contribution in [0.15, 0.2) is 0 Å². The van der Waals surface area contributed by atoms with Gasteiger partial charge in [0.15, 0.2) is 0 Å². The predicted molar refractivity (Wildman–Crippen MR) is 65.6 cm³/mol. The molecule has 0 aromatic rings. The number of rotatable bonds is 7. The molecule has 0 saturated carbocycles. The molecule has 8 heteroatoms. The summed E-state index contributed by atoms with van der Waals surface area (Å²) in [5.74, 6) is -0.536. The fraction of sp³-hybridized carbons (Fsp3) is 0.727. The Morgan fingerprint density at radius 1 is 0.947 bits per heavy atom. The highest BCUT2D eigenvalue weighted by atomic mass is 16.5. The van der Waals surface area contributed by atoms with Crippen LogP contribution in [-0.4, -0.2) is 52.1 Å². The van der Waals surface area contributed by atoms with Crippen molar-refractivity contribution in [3.63, 3.8) is 0 Å². The molecule has 110 valence electrons. The molecule has 0 radical (unpaired) electrons. The quantitative estimate of drug-likeness (QED) is 0.396. The molecule has 19 heavy (non-hydrogen) atoms. The first-order valence-electron chi connectivity index (χ1n) is 5.79. The van der Waals surface area contributed by atoms with Crippen molar-refractivity contribution in [1.29, 1.82) is 0 Å². The van der Waals surface area contributed by atoms with Crippen molar-refractivity contribution in [3.8, 4) is 0 Å². The van der Waals surface area contributed by atoms with E-state index < -0.39 is 24.2 Å². The number of hydrogen-bond donors (Lipinski definition) is 2. The number of ether oxygens (including phenoxy) is 3. The number of amides is 2. The summed E-state index contributed by atoms with van der Waals surface area (Å²) < 4.78 is 13.4. The van der Waals surface area contributed by atoms with Crippen molar-refractivity contribution in [3.05, 3.63) is 0 Å². The molecule has 0 heterocycles. The summed E-state index contributed by atoms with van der Waals surface area (Å²) >= 11 is 0. The maximum Gasteiger partial charge on any atom is 0.407 e. The molecular formula is C11H20N2O6. The Hall–Kier alpha value is -1.99. The molecule has 0 fully saturated rings. The van der Waals surface area contributed by atoms with E-state index in [-0.39, 0.29) is 0 Å². The van der Waals surface area contributed by atoms with Crippen LogP contribution in [0.3, 0.4) is 0 Å². The minimum atomic E-state index is -0.754. The van der Waals surface area contributed by atoms with E-state index in [1.165, 1.54) is 21.3 Å². The summed E-state index contributed by atoms with van der Waals surface area (Å²) in [7, 11) is 3.74. The second-order valence-corrected chi connectivity index (χ2v) is 3.63. The third kappa shape index (κ3) is 7.85. The minimum absolute atomic E-state index is 0.393. The summed E-state index contributed by atoms with van der Waals surface area (Å²) in [6.07, 6.45) is 0.462. The van der Waals surface area contributed by atoms with Gasteiger partial charge in [0.2, 0.25) is 0 Å². The second kappa shape index (κ2) is 9.98. The van der Waals surface area contributed by atoms with Gasteiger partial charge in [-0.05, 0) is 19.3 Å². The van der Waals surface area contributed by atoms with E-state index in [1.807, 2.05) is 0 Å². The maximum atomic E-state index is 11.4. The zero-order chi connectivity index (χ0) is 14.7. The summed E-state index contributed by atoms with van der Waals surface area (Å²) in [6, 6.07) is -0.754. The summed E-state index contributed by atoms with van der Waals surface area (Å²) in [4.78, 5) is 33.2. The lowest BCUT2D eigenvalue weighted by Crippen LogP contribution is -2.41. The molecule has 0 aliphatic rings. The number of esters is 1. The molecule has 1 atom stereocenters.